The molecule has 7 nitrogen and oxygen atoms in total. The Balaban J connectivity index is 1.27. The molecule has 0 unspecified atom stereocenters. The smallest absolute Gasteiger partial charge is 0.287 e. The molecule has 1 aliphatic rings. The predicted molar refractivity (Wildman–Crippen MR) is 112 cm³/mol. The summed E-state index contributed by atoms with van der Waals surface area (Å²) in [5.41, 5.74) is 2.22. The highest BCUT2D eigenvalue weighted by molar-refractivity contribution is 9.10. The molecule has 0 bridgehead atoms. The van der Waals surface area contributed by atoms with Crippen molar-refractivity contribution in [3.05, 3.63) is 64.7 Å². The number of amides is 2. The summed E-state index contributed by atoms with van der Waals surface area (Å²) in [7, 11) is 0. The molecule has 1 N–H and O–H groups in total. The number of carbonyl (C=O) groups excluding carboxylic acids is 2. The lowest BCUT2D eigenvalue weighted by molar-refractivity contribution is -0.131. The zero-order valence-electron chi connectivity index (χ0n) is 15.8. The first-order chi connectivity index (χ1) is 14.1. The standard InChI is InChI=1S/C21H21BrN4O3/c22-18-7-6-17(29-18)21(28)24-13-19(27)26-11-9-25(10-12-26)14-16-4-1-3-15-5-2-8-23-20(15)16/h1-8H,9-14H2,(H,24,28). The number of pyridine rings is 1. The maximum absolute atomic E-state index is 12.4. The number of furan rings is 1. The van der Waals surface area contributed by atoms with E-state index in [4.69, 9.17) is 4.42 Å². The van der Waals surface area contributed by atoms with Crippen molar-refractivity contribution in [2.45, 2.75) is 6.54 Å². The number of piperazine rings is 1. The van der Waals surface area contributed by atoms with Gasteiger partial charge < -0.3 is 14.6 Å². The zero-order chi connectivity index (χ0) is 20.2. The lowest BCUT2D eigenvalue weighted by Gasteiger charge is -2.34. The molecule has 1 saturated heterocycles. The molecule has 2 aromatic heterocycles. The Hall–Kier alpha value is -2.71. The van der Waals surface area contributed by atoms with E-state index < -0.39 is 5.91 Å². The van der Waals surface area contributed by atoms with Crippen molar-refractivity contribution < 1.29 is 14.0 Å². The zero-order valence-corrected chi connectivity index (χ0v) is 17.4. The summed E-state index contributed by atoms with van der Waals surface area (Å²) in [6, 6.07) is 13.4. The van der Waals surface area contributed by atoms with Gasteiger partial charge in [0.1, 0.15) is 0 Å². The number of carbonyl (C=O) groups is 2. The Morgan fingerprint density at radius 1 is 1.07 bits per heavy atom. The van der Waals surface area contributed by atoms with Crippen molar-refractivity contribution in [3.63, 3.8) is 0 Å². The van der Waals surface area contributed by atoms with Crippen molar-refractivity contribution in [1.82, 2.24) is 20.1 Å². The van der Waals surface area contributed by atoms with E-state index in [1.807, 2.05) is 12.3 Å². The van der Waals surface area contributed by atoms with Gasteiger partial charge in [0.15, 0.2) is 10.4 Å². The molecular weight excluding hydrogens is 436 g/mol. The quantitative estimate of drug-likeness (QED) is 0.638. The Bertz CT molecular complexity index is 1020. The summed E-state index contributed by atoms with van der Waals surface area (Å²) < 4.78 is 5.67. The second kappa shape index (κ2) is 8.75. The molecule has 8 heteroatoms. The second-order valence-corrected chi connectivity index (χ2v) is 7.72. The Labute approximate surface area is 176 Å². The second-order valence-electron chi connectivity index (χ2n) is 6.94. The van der Waals surface area contributed by atoms with Crippen LogP contribution in [0.3, 0.4) is 0 Å². The van der Waals surface area contributed by atoms with Gasteiger partial charge in [-0.1, -0.05) is 24.3 Å². The highest BCUT2D eigenvalue weighted by atomic mass is 79.9. The van der Waals surface area contributed by atoms with Crippen LogP contribution in [0.1, 0.15) is 16.1 Å². The van der Waals surface area contributed by atoms with Gasteiger partial charge >= 0.3 is 0 Å². The number of rotatable bonds is 5. The first-order valence-electron chi connectivity index (χ1n) is 9.46. The minimum atomic E-state index is -0.397. The molecule has 1 aromatic carbocycles. The van der Waals surface area contributed by atoms with Gasteiger partial charge in [-0.2, -0.15) is 0 Å². The summed E-state index contributed by atoms with van der Waals surface area (Å²) in [5.74, 6) is -0.306. The average molecular weight is 457 g/mol. The van der Waals surface area contributed by atoms with Crippen LogP contribution in [0.5, 0.6) is 0 Å². The van der Waals surface area contributed by atoms with Gasteiger partial charge in [0.2, 0.25) is 5.91 Å². The summed E-state index contributed by atoms with van der Waals surface area (Å²) >= 11 is 3.16. The van der Waals surface area contributed by atoms with Crippen molar-refractivity contribution in [1.29, 1.82) is 0 Å². The number of para-hydroxylation sites is 1. The van der Waals surface area contributed by atoms with Crippen LogP contribution in [-0.4, -0.2) is 59.3 Å². The predicted octanol–water partition coefficient (Wildman–Crippen LogP) is 2.66. The van der Waals surface area contributed by atoms with Crippen molar-refractivity contribution in [3.8, 4) is 0 Å². The molecule has 1 fully saturated rings. The lowest BCUT2D eigenvalue weighted by Crippen LogP contribution is -2.50. The monoisotopic (exact) mass is 456 g/mol. The first kappa shape index (κ1) is 19.6. The van der Waals surface area contributed by atoms with Crippen LogP contribution in [0.2, 0.25) is 0 Å². The SMILES string of the molecule is O=C(NCC(=O)N1CCN(Cc2cccc3cccnc23)CC1)c1ccc(Br)o1. The van der Waals surface area contributed by atoms with Crippen LogP contribution in [-0.2, 0) is 11.3 Å². The molecule has 1 aliphatic heterocycles. The number of hydrogen-bond donors (Lipinski definition) is 1. The van der Waals surface area contributed by atoms with Crippen LogP contribution in [0, 0.1) is 0 Å². The molecule has 0 atom stereocenters. The molecule has 3 aromatic rings. The van der Waals surface area contributed by atoms with Crippen LogP contribution < -0.4 is 5.32 Å². The normalized spacial score (nSPS) is 14.9. The van der Waals surface area contributed by atoms with Crippen LogP contribution in [0.15, 0.2) is 57.7 Å². The van der Waals surface area contributed by atoms with Crippen LogP contribution in [0.25, 0.3) is 10.9 Å². The fourth-order valence-electron chi connectivity index (χ4n) is 3.48. The molecule has 2 amide bonds. The van der Waals surface area contributed by atoms with Gasteiger partial charge in [0.05, 0.1) is 12.1 Å². The molecule has 0 spiro atoms. The van der Waals surface area contributed by atoms with E-state index in [0.717, 1.165) is 30.5 Å². The number of benzene rings is 1. The largest absolute Gasteiger partial charge is 0.444 e. The fraction of sp³-hybridized carbons (Fsp3) is 0.286. The number of fused-ring (bicyclic) bond motifs is 1. The van der Waals surface area contributed by atoms with E-state index in [1.54, 1.807) is 17.0 Å². The molecular formula is C21H21BrN4O3. The van der Waals surface area contributed by atoms with E-state index in [1.165, 1.54) is 5.56 Å². The third kappa shape index (κ3) is 4.65. The Morgan fingerprint density at radius 2 is 1.86 bits per heavy atom. The van der Waals surface area contributed by atoms with Crippen LogP contribution >= 0.6 is 15.9 Å². The highest BCUT2D eigenvalue weighted by Gasteiger charge is 2.22. The Morgan fingerprint density at radius 3 is 2.62 bits per heavy atom. The fourth-order valence-corrected chi connectivity index (χ4v) is 3.79. The summed E-state index contributed by atoms with van der Waals surface area (Å²) in [4.78, 5) is 33.0. The van der Waals surface area contributed by atoms with Crippen LogP contribution in [0.4, 0.5) is 0 Å². The third-order valence-electron chi connectivity index (χ3n) is 5.03. The number of nitrogens with one attached hydrogen (secondary N) is 1. The number of aromatic nitrogens is 1. The Kier molecular flexibility index (Phi) is 5.92. The minimum Gasteiger partial charge on any atom is -0.444 e. The van der Waals surface area contributed by atoms with Gasteiger partial charge in [0.25, 0.3) is 5.91 Å². The maximum Gasteiger partial charge on any atom is 0.287 e. The molecule has 29 heavy (non-hydrogen) atoms. The van der Waals surface area contributed by atoms with Gasteiger partial charge in [-0.25, -0.2) is 0 Å². The number of hydrogen-bond acceptors (Lipinski definition) is 5. The molecule has 4 rings (SSSR count). The molecule has 0 aliphatic carbocycles. The van der Waals surface area contributed by atoms with Gasteiger partial charge in [-0.05, 0) is 39.7 Å². The van der Waals surface area contributed by atoms with E-state index in [9.17, 15) is 9.59 Å². The van der Waals surface area contributed by atoms with E-state index in [2.05, 4.69) is 55.4 Å². The number of nitrogens with zero attached hydrogens (tertiary/aromatic N) is 3. The summed E-state index contributed by atoms with van der Waals surface area (Å²) in [6.45, 7) is 3.62. The topological polar surface area (TPSA) is 78.7 Å². The van der Waals surface area contributed by atoms with Gasteiger partial charge in [0, 0.05) is 44.3 Å². The summed E-state index contributed by atoms with van der Waals surface area (Å²) in [6.07, 6.45) is 1.82. The van der Waals surface area contributed by atoms with E-state index in [-0.39, 0.29) is 18.2 Å². The van der Waals surface area contributed by atoms with Gasteiger partial charge in [-0.15, -0.1) is 0 Å². The minimum absolute atomic E-state index is 0.0373. The van der Waals surface area contributed by atoms with E-state index >= 15 is 0 Å². The molecule has 150 valence electrons. The van der Waals surface area contributed by atoms with Crippen molar-refractivity contribution >= 4 is 38.6 Å². The lowest BCUT2D eigenvalue weighted by atomic mass is 10.1. The molecule has 3 heterocycles. The van der Waals surface area contributed by atoms with Crippen molar-refractivity contribution in [2.24, 2.45) is 0 Å². The highest BCUT2D eigenvalue weighted by Crippen LogP contribution is 2.18. The molecule has 0 radical (unpaired) electrons. The molecule has 0 saturated carbocycles. The van der Waals surface area contributed by atoms with E-state index in [0.29, 0.717) is 17.8 Å². The van der Waals surface area contributed by atoms with Crippen molar-refractivity contribution in [2.75, 3.05) is 32.7 Å². The third-order valence-corrected chi connectivity index (χ3v) is 5.46. The van der Waals surface area contributed by atoms with Gasteiger partial charge in [-0.3, -0.25) is 19.5 Å². The first-order valence-corrected chi connectivity index (χ1v) is 10.3. The average Bonchev–Trinajstić information content (AvgIpc) is 3.19. The summed E-state index contributed by atoms with van der Waals surface area (Å²) in [5, 5.41) is 3.75. The number of halogens is 1. The maximum atomic E-state index is 12.4.